The van der Waals surface area contributed by atoms with E-state index in [2.05, 4.69) is 0 Å². The fraction of sp³-hybridized carbons (Fsp3) is 0.133. The normalized spacial score (nSPS) is 11.9. The average molecular weight is 290 g/mol. The number of nitro groups is 1. The quantitative estimate of drug-likeness (QED) is 0.369. The van der Waals surface area contributed by atoms with E-state index in [-0.39, 0.29) is 17.0 Å². The minimum Gasteiger partial charge on any atom is -0.292 e. The van der Waals surface area contributed by atoms with Gasteiger partial charge in [0.05, 0.1) is 4.92 Å². The summed E-state index contributed by atoms with van der Waals surface area (Å²) in [5.41, 5.74) is 1.35. The van der Waals surface area contributed by atoms with Crippen LogP contribution < -0.4 is 0 Å². The predicted octanol–water partition coefficient (Wildman–Crippen LogP) is 4.07. The van der Waals surface area contributed by atoms with E-state index in [0.29, 0.717) is 11.1 Å². The molecule has 20 heavy (non-hydrogen) atoms. The summed E-state index contributed by atoms with van der Waals surface area (Å²) in [4.78, 5) is 22.7. The van der Waals surface area contributed by atoms with Crippen molar-refractivity contribution in [2.24, 2.45) is 0 Å². The van der Waals surface area contributed by atoms with Gasteiger partial charge in [-0.05, 0) is 12.5 Å². The molecule has 0 N–H and O–H groups in total. The summed E-state index contributed by atoms with van der Waals surface area (Å²) < 4.78 is 0. The monoisotopic (exact) mass is 289 g/mol. The third kappa shape index (κ3) is 2.86. The minimum atomic E-state index is -0.849. The SMILES string of the molecule is Cc1ccc(C(=O)C(Cl)c2ccccc2)cc1[N+](=O)[O-]. The Labute approximate surface area is 121 Å². The molecule has 0 fully saturated rings. The van der Waals surface area contributed by atoms with Gasteiger partial charge < -0.3 is 0 Å². The molecule has 4 nitrogen and oxygen atoms in total. The van der Waals surface area contributed by atoms with Gasteiger partial charge in [0.1, 0.15) is 5.38 Å². The van der Waals surface area contributed by atoms with Gasteiger partial charge in [-0.1, -0.05) is 42.5 Å². The molecule has 0 saturated heterocycles. The number of rotatable bonds is 4. The predicted molar refractivity (Wildman–Crippen MR) is 77.2 cm³/mol. The number of aryl methyl sites for hydroxylation is 1. The second-order valence-corrected chi connectivity index (χ2v) is 4.83. The molecule has 0 amide bonds. The highest BCUT2D eigenvalue weighted by atomic mass is 35.5. The maximum atomic E-state index is 12.3. The first-order valence-corrected chi connectivity index (χ1v) is 6.42. The van der Waals surface area contributed by atoms with Gasteiger partial charge in [0, 0.05) is 17.2 Å². The second-order valence-electron chi connectivity index (χ2n) is 4.40. The number of nitro benzene ring substituents is 1. The molecule has 0 aliphatic heterocycles. The first kappa shape index (κ1) is 14.2. The molecule has 0 radical (unpaired) electrons. The molecule has 1 atom stereocenters. The number of benzene rings is 2. The highest BCUT2D eigenvalue weighted by molar-refractivity contribution is 6.33. The molecule has 0 aliphatic carbocycles. The lowest BCUT2D eigenvalue weighted by atomic mass is 10.0. The summed E-state index contributed by atoms with van der Waals surface area (Å²) in [6.45, 7) is 1.63. The minimum absolute atomic E-state index is 0.0761. The summed E-state index contributed by atoms with van der Waals surface area (Å²) in [6.07, 6.45) is 0. The van der Waals surface area contributed by atoms with Gasteiger partial charge >= 0.3 is 0 Å². The van der Waals surface area contributed by atoms with E-state index in [1.807, 2.05) is 6.07 Å². The maximum absolute atomic E-state index is 12.3. The van der Waals surface area contributed by atoms with Crippen molar-refractivity contribution in [2.75, 3.05) is 0 Å². The summed E-state index contributed by atoms with van der Waals surface area (Å²) in [6, 6.07) is 13.3. The Hall–Kier alpha value is -2.20. The molecule has 0 aliphatic rings. The molecular weight excluding hydrogens is 278 g/mol. The van der Waals surface area contributed by atoms with Crippen LogP contribution in [0.2, 0.25) is 0 Å². The van der Waals surface area contributed by atoms with E-state index in [1.165, 1.54) is 6.07 Å². The average Bonchev–Trinajstić information content (AvgIpc) is 2.47. The van der Waals surface area contributed by atoms with E-state index in [9.17, 15) is 14.9 Å². The zero-order valence-corrected chi connectivity index (χ0v) is 11.5. The van der Waals surface area contributed by atoms with Crippen LogP contribution in [-0.2, 0) is 0 Å². The van der Waals surface area contributed by atoms with Crippen molar-refractivity contribution in [2.45, 2.75) is 12.3 Å². The van der Waals surface area contributed by atoms with E-state index >= 15 is 0 Å². The maximum Gasteiger partial charge on any atom is 0.273 e. The van der Waals surface area contributed by atoms with Crippen LogP contribution in [0.4, 0.5) is 5.69 Å². The Morgan fingerprint density at radius 1 is 1.20 bits per heavy atom. The van der Waals surface area contributed by atoms with E-state index in [0.717, 1.165) is 0 Å². The second kappa shape index (κ2) is 5.84. The van der Waals surface area contributed by atoms with Gasteiger partial charge in [-0.3, -0.25) is 14.9 Å². The summed E-state index contributed by atoms with van der Waals surface area (Å²) in [7, 11) is 0. The smallest absolute Gasteiger partial charge is 0.273 e. The van der Waals surface area contributed by atoms with Gasteiger partial charge in [0.25, 0.3) is 5.69 Å². The van der Waals surface area contributed by atoms with Crippen LogP contribution in [0.25, 0.3) is 0 Å². The summed E-state index contributed by atoms with van der Waals surface area (Å²) >= 11 is 6.14. The Kier molecular flexibility index (Phi) is 4.15. The van der Waals surface area contributed by atoms with Crippen molar-refractivity contribution >= 4 is 23.1 Å². The topological polar surface area (TPSA) is 60.2 Å². The molecule has 5 heteroatoms. The molecular formula is C15H12ClNO3. The Bertz CT molecular complexity index is 655. The number of hydrogen-bond donors (Lipinski definition) is 0. The number of nitrogens with zero attached hydrogens (tertiary/aromatic N) is 1. The van der Waals surface area contributed by atoms with Crippen LogP contribution in [0, 0.1) is 17.0 Å². The third-order valence-corrected chi connectivity index (χ3v) is 3.46. The van der Waals surface area contributed by atoms with E-state index < -0.39 is 10.3 Å². The number of alkyl halides is 1. The molecule has 2 aromatic rings. The first-order valence-electron chi connectivity index (χ1n) is 5.99. The largest absolute Gasteiger partial charge is 0.292 e. The molecule has 0 spiro atoms. The third-order valence-electron chi connectivity index (χ3n) is 3.01. The fourth-order valence-corrected chi connectivity index (χ4v) is 2.15. The number of carbonyl (C=O) groups excluding carboxylic acids is 1. The van der Waals surface area contributed by atoms with E-state index in [4.69, 9.17) is 11.6 Å². The molecule has 0 aromatic heterocycles. The molecule has 2 aromatic carbocycles. The van der Waals surface area contributed by atoms with Crippen molar-refractivity contribution < 1.29 is 9.72 Å². The number of carbonyl (C=O) groups is 1. The molecule has 102 valence electrons. The molecule has 0 bridgehead atoms. The van der Waals surface area contributed by atoms with Crippen molar-refractivity contribution in [1.29, 1.82) is 0 Å². The highest BCUT2D eigenvalue weighted by Crippen LogP contribution is 2.27. The zero-order chi connectivity index (χ0) is 14.7. The van der Waals surface area contributed by atoms with Gasteiger partial charge in [0.2, 0.25) is 0 Å². The standard InChI is InChI=1S/C15H12ClNO3/c1-10-7-8-12(9-13(10)17(19)20)15(18)14(16)11-5-3-2-4-6-11/h2-9,14H,1H3. The molecule has 0 saturated carbocycles. The molecule has 2 rings (SSSR count). The first-order chi connectivity index (χ1) is 9.50. The van der Waals surface area contributed by atoms with Crippen LogP contribution in [0.15, 0.2) is 48.5 Å². The summed E-state index contributed by atoms with van der Waals surface area (Å²) in [5, 5.41) is 10.0. The van der Waals surface area contributed by atoms with Crippen molar-refractivity contribution in [3.05, 3.63) is 75.3 Å². The Morgan fingerprint density at radius 2 is 1.85 bits per heavy atom. The lowest BCUT2D eigenvalue weighted by Crippen LogP contribution is -2.08. The molecule has 1 unspecified atom stereocenters. The fourth-order valence-electron chi connectivity index (χ4n) is 1.88. The van der Waals surface area contributed by atoms with Crippen LogP contribution in [-0.4, -0.2) is 10.7 Å². The van der Waals surface area contributed by atoms with Crippen LogP contribution in [0.3, 0.4) is 0 Å². The van der Waals surface area contributed by atoms with Gasteiger partial charge in [-0.2, -0.15) is 0 Å². The number of ketones is 1. The van der Waals surface area contributed by atoms with Crippen LogP contribution in [0.1, 0.15) is 26.9 Å². The van der Waals surface area contributed by atoms with E-state index in [1.54, 1.807) is 43.3 Å². The zero-order valence-electron chi connectivity index (χ0n) is 10.7. The lowest BCUT2D eigenvalue weighted by Gasteiger charge is -2.09. The van der Waals surface area contributed by atoms with Gasteiger partial charge in [-0.15, -0.1) is 11.6 Å². The van der Waals surface area contributed by atoms with Crippen molar-refractivity contribution in [1.82, 2.24) is 0 Å². The number of halogens is 1. The Morgan fingerprint density at radius 3 is 2.45 bits per heavy atom. The van der Waals surface area contributed by atoms with Crippen LogP contribution >= 0.6 is 11.6 Å². The lowest BCUT2D eigenvalue weighted by molar-refractivity contribution is -0.385. The molecule has 0 heterocycles. The van der Waals surface area contributed by atoms with Crippen molar-refractivity contribution in [3.63, 3.8) is 0 Å². The highest BCUT2D eigenvalue weighted by Gasteiger charge is 2.22. The Balaban J connectivity index is 2.34. The van der Waals surface area contributed by atoms with Gasteiger partial charge in [0.15, 0.2) is 5.78 Å². The number of hydrogen-bond acceptors (Lipinski definition) is 3. The van der Waals surface area contributed by atoms with Crippen LogP contribution in [0.5, 0.6) is 0 Å². The van der Waals surface area contributed by atoms with Crippen molar-refractivity contribution in [3.8, 4) is 0 Å². The summed E-state index contributed by atoms with van der Waals surface area (Å²) in [5.74, 6) is -0.346. The van der Waals surface area contributed by atoms with Gasteiger partial charge in [-0.25, -0.2) is 0 Å². The number of Topliss-reactive ketones (excluding diaryl/α,β-unsaturated/α-hetero) is 1.